The van der Waals surface area contributed by atoms with Crippen LogP contribution in [0.4, 0.5) is 0 Å². The Kier molecular flexibility index (Phi) is 6.62. The quantitative estimate of drug-likeness (QED) is 0.465. The van der Waals surface area contributed by atoms with E-state index < -0.39 is 5.69 Å². The summed E-state index contributed by atoms with van der Waals surface area (Å²) in [5.41, 5.74) is 2.51. The van der Waals surface area contributed by atoms with Crippen LogP contribution >= 0.6 is 0 Å². The van der Waals surface area contributed by atoms with Crippen molar-refractivity contribution < 1.29 is 4.79 Å². The van der Waals surface area contributed by atoms with Crippen molar-refractivity contribution in [2.24, 2.45) is 5.92 Å². The fourth-order valence-corrected chi connectivity index (χ4v) is 4.95. The molecule has 3 aromatic carbocycles. The van der Waals surface area contributed by atoms with Gasteiger partial charge < -0.3 is 9.88 Å². The highest BCUT2D eigenvalue weighted by atomic mass is 16.2. The Morgan fingerprint density at radius 1 is 0.857 bits per heavy atom. The molecule has 0 bridgehead atoms. The number of likely N-dealkylation sites (tertiary alicyclic amines) is 1. The Morgan fingerprint density at radius 3 is 2.20 bits per heavy atom. The van der Waals surface area contributed by atoms with Crippen molar-refractivity contribution in [3.63, 3.8) is 0 Å². The van der Waals surface area contributed by atoms with Crippen molar-refractivity contribution in [3.8, 4) is 0 Å². The zero-order valence-electron chi connectivity index (χ0n) is 19.7. The second kappa shape index (κ2) is 10.1. The molecular weight excluding hydrogens is 438 g/mol. The number of nitrogens with zero attached hydrogens (tertiary/aromatic N) is 2. The van der Waals surface area contributed by atoms with Crippen molar-refractivity contribution in [2.45, 2.75) is 32.2 Å². The maximum atomic E-state index is 13.2. The number of aromatic amines is 1. The number of rotatable bonds is 6. The minimum atomic E-state index is -0.454. The molecule has 0 radical (unpaired) electrons. The molecule has 1 N–H and O–H groups in total. The van der Waals surface area contributed by atoms with Gasteiger partial charge in [0, 0.05) is 25.2 Å². The first-order valence-electron chi connectivity index (χ1n) is 12.2. The van der Waals surface area contributed by atoms with Gasteiger partial charge in [-0.3, -0.25) is 14.2 Å². The highest BCUT2D eigenvalue weighted by Gasteiger charge is 2.24. The third kappa shape index (κ3) is 5.11. The van der Waals surface area contributed by atoms with Gasteiger partial charge in [-0.1, -0.05) is 60.7 Å². The molecule has 1 aliphatic heterocycles. The van der Waals surface area contributed by atoms with Gasteiger partial charge in [0.15, 0.2) is 0 Å². The van der Waals surface area contributed by atoms with Crippen LogP contribution < -0.4 is 11.2 Å². The number of carbonyl (C=O) groups is 1. The van der Waals surface area contributed by atoms with E-state index in [4.69, 9.17) is 0 Å². The minimum Gasteiger partial charge on any atom is -0.339 e. The van der Waals surface area contributed by atoms with E-state index in [0.717, 1.165) is 24.8 Å². The molecule has 0 atom stereocenters. The number of amides is 1. The zero-order valence-corrected chi connectivity index (χ0v) is 19.7. The first-order chi connectivity index (χ1) is 17.1. The molecule has 5 rings (SSSR count). The van der Waals surface area contributed by atoms with Gasteiger partial charge in [-0.05, 0) is 60.9 Å². The van der Waals surface area contributed by atoms with E-state index >= 15 is 0 Å². The van der Waals surface area contributed by atoms with E-state index in [1.54, 1.807) is 18.2 Å². The third-order valence-corrected chi connectivity index (χ3v) is 6.96. The molecule has 4 aromatic rings. The number of aromatic nitrogens is 2. The number of piperidine rings is 1. The standard InChI is InChI=1S/C29H29N3O3/c33-27(31-16-13-23(14-17-31)19-22-9-5-2-6-10-22)24-11-12-25-26(20-24)30-29(35)32(28(25)34)18-15-21-7-3-1-4-8-21/h1-12,20,23H,13-19H2,(H,30,35). The average molecular weight is 468 g/mol. The summed E-state index contributed by atoms with van der Waals surface area (Å²) in [5, 5.41) is 0.413. The van der Waals surface area contributed by atoms with Crippen LogP contribution in [0.25, 0.3) is 10.9 Å². The van der Waals surface area contributed by atoms with E-state index in [0.29, 0.717) is 48.4 Å². The zero-order chi connectivity index (χ0) is 24.2. The van der Waals surface area contributed by atoms with Crippen LogP contribution in [0.3, 0.4) is 0 Å². The van der Waals surface area contributed by atoms with Crippen molar-refractivity contribution >= 4 is 16.8 Å². The van der Waals surface area contributed by atoms with Crippen molar-refractivity contribution in [1.29, 1.82) is 0 Å². The molecule has 1 aromatic heterocycles. The Labute approximate surface area is 203 Å². The summed E-state index contributed by atoms with van der Waals surface area (Å²) in [7, 11) is 0. The van der Waals surface area contributed by atoms with Gasteiger partial charge in [-0.2, -0.15) is 0 Å². The normalized spacial score (nSPS) is 14.3. The fraction of sp³-hybridized carbons (Fsp3) is 0.276. The summed E-state index contributed by atoms with van der Waals surface area (Å²) in [6.07, 6.45) is 3.57. The number of aryl methyl sites for hydroxylation is 1. The van der Waals surface area contributed by atoms with Crippen LogP contribution in [-0.4, -0.2) is 33.4 Å². The number of fused-ring (bicyclic) bond motifs is 1. The molecule has 0 unspecified atom stereocenters. The molecule has 1 saturated heterocycles. The van der Waals surface area contributed by atoms with E-state index in [2.05, 4.69) is 29.2 Å². The predicted molar refractivity (Wildman–Crippen MR) is 138 cm³/mol. The summed E-state index contributed by atoms with van der Waals surface area (Å²) >= 11 is 0. The molecule has 1 fully saturated rings. The van der Waals surface area contributed by atoms with Gasteiger partial charge in [-0.25, -0.2) is 4.79 Å². The first kappa shape index (κ1) is 22.8. The summed E-state index contributed by atoms with van der Waals surface area (Å²) < 4.78 is 1.23. The molecule has 0 spiro atoms. The minimum absolute atomic E-state index is 0.0563. The summed E-state index contributed by atoms with van der Waals surface area (Å²) in [4.78, 5) is 43.5. The van der Waals surface area contributed by atoms with Crippen LogP contribution in [0.1, 0.15) is 34.3 Å². The maximum absolute atomic E-state index is 13.2. The molecule has 0 saturated carbocycles. The van der Waals surface area contributed by atoms with Gasteiger partial charge in [0.1, 0.15) is 0 Å². The van der Waals surface area contributed by atoms with Crippen LogP contribution in [0.15, 0.2) is 88.5 Å². The van der Waals surface area contributed by atoms with Crippen molar-refractivity contribution in [3.05, 3.63) is 116 Å². The van der Waals surface area contributed by atoms with Gasteiger partial charge in [0.2, 0.25) is 0 Å². The summed E-state index contributed by atoms with van der Waals surface area (Å²) in [5.74, 6) is 0.517. The number of hydrogen-bond donors (Lipinski definition) is 1. The molecule has 6 heteroatoms. The van der Waals surface area contributed by atoms with Crippen LogP contribution in [0.5, 0.6) is 0 Å². The number of H-pyrrole nitrogens is 1. The fourth-order valence-electron chi connectivity index (χ4n) is 4.95. The molecule has 2 heterocycles. The first-order valence-corrected chi connectivity index (χ1v) is 12.2. The highest BCUT2D eigenvalue weighted by Crippen LogP contribution is 2.23. The second-order valence-corrected chi connectivity index (χ2v) is 9.31. The number of hydrogen-bond acceptors (Lipinski definition) is 3. The van der Waals surface area contributed by atoms with Crippen LogP contribution in [-0.2, 0) is 19.4 Å². The molecule has 1 aliphatic rings. The second-order valence-electron chi connectivity index (χ2n) is 9.31. The molecule has 0 aliphatic carbocycles. The maximum Gasteiger partial charge on any atom is 0.328 e. The average Bonchev–Trinajstić information content (AvgIpc) is 2.89. The van der Waals surface area contributed by atoms with E-state index in [1.165, 1.54) is 10.1 Å². The lowest BCUT2D eigenvalue weighted by atomic mass is 9.90. The van der Waals surface area contributed by atoms with Crippen molar-refractivity contribution in [1.82, 2.24) is 14.5 Å². The van der Waals surface area contributed by atoms with Crippen molar-refractivity contribution in [2.75, 3.05) is 13.1 Å². The summed E-state index contributed by atoms with van der Waals surface area (Å²) in [6.45, 7) is 1.73. The SMILES string of the molecule is O=C(c1ccc2c(=O)n(CCc3ccccc3)c(=O)[nH]c2c1)N1CCC(Cc2ccccc2)CC1. The predicted octanol–water partition coefficient (Wildman–Crippen LogP) is 4.03. The van der Waals surface area contributed by atoms with E-state index in [9.17, 15) is 14.4 Å². The number of carbonyl (C=O) groups excluding carboxylic acids is 1. The molecule has 6 nitrogen and oxygen atoms in total. The van der Waals surface area contributed by atoms with Crippen LogP contribution in [0, 0.1) is 5.92 Å². The topological polar surface area (TPSA) is 75.2 Å². The smallest absolute Gasteiger partial charge is 0.328 e. The Balaban J connectivity index is 1.28. The van der Waals surface area contributed by atoms with Gasteiger partial charge in [0.05, 0.1) is 10.9 Å². The lowest BCUT2D eigenvalue weighted by Crippen LogP contribution is -2.39. The summed E-state index contributed by atoms with van der Waals surface area (Å²) in [6, 6.07) is 25.2. The van der Waals surface area contributed by atoms with E-state index in [1.807, 2.05) is 41.3 Å². The van der Waals surface area contributed by atoms with Crippen LogP contribution in [0.2, 0.25) is 0 Å². The monoisotopic (exact) mass is 467 g/mol. The highest BCUT2D eigenvalue weighted by molar-refractivity contribution is 5.97. The van der Waals surface area contributed by atoms with Gasteiger partial charge >= 0.3 is 5.69 Å². The largest absolute Gasteiger partial charge is 0.339 e. The lowest BCUT2D eigenvalue weighted by Gasteiger charge is -2.32. The number of nitrogens with one attached hydrogen (secondary N) is 1. The van der Waals surface area contributed by atoms with Gasteiger partial charge in [0.25, 0.3) is 11.5 Å². The lowest BCUT2D eigenvalue weighted by molar-refractivity contribution is 0.0690. The van der Waals surface area contributed by atoms with Gasteiger partial charge in [-0.15, -0.1) is 0 Å². The number of benzene rings is 3. The molecule has 1 amide bonds. The van der Waals surface area contributed by atoms with E-state index in [-0.39, 0.29) is 11.5 Å². The Bertz CT molecular complexity index is 1430. The molecule has 35 heavy (non-hydrogen) atoms. The molecular formula is C29H29N3O3. The molecule has 178 valence electrons. The Morgan fingerprint density at radius 2 is 1.51 bits per heavy atom. The third-order valence-electron chi connectivity index (χ3n) is 6.96. The Hall–Kier alpha value is -3.93.